The topological polar surface area (TPSA) is 67.4 Å². The molecule has 5 nitrogen and oxygen atoms in total. The molecule has 0 aliphatic rings. The zero-order valence-electron chi connectivity index (χ0n) is 16.5. The van der Waals surface area contributed by atoms with Gasteiger partial charge in [0, 0.05) is 11.3 Å². The van der Waals surface area contributed by atoms with Crippen LogP contribution in [0.2, 0.25) is 0 Å². The summed E-state index contributed by atoms with van der Waals surface area (Å²) in [5.41, 5.74) is 2.04. The molecule has 0 spiro atoms. The second-order valence-electron chi connectivity index (χ2n) is 6.75. The van der Waals surface area contributed by atoms with Crippen LogP contribution in [0, 0.1) is 0 Å². The highest BCUT2D eigenvalue weighted by Crippen LogP contribution is 2.16. The largest absolute Gasteiger partial charge is 0.481 e. The van der Waals surface area contributed by atoms with Crippen LogP contribution in [0.3, 0.4) is 0 Å². The number of nitrogens with one attached hydrogen (secondary N) is 2. The van der Waals surface area contributed by atoms with Crippen molar-refractivity contribution in [2.45, 2.75) is 26.0 Å². The Morgan fingerprint density at radius 3 is 2.17 bits per heavy atom. The summed E-state index contributed by atoms with van der Waals surface area (Å²) in [5, 5.41) is 5.77. The summed E-state index contributed by atoms with van der Waals surface area (Å²) in [5.74, 6) is 0.133. The number of hydrogen-bond donors (Lipinski definition) is 2. The van der Waals surface area contributed by atoms with Crippen LogP contribution in [0.15, 0.2) is 84.9 Å². The first-order chi connectivity index (χ1) is 14.0. The van der Waals surface area contributed by atoms with Gasteiger partial charge in [-0.3, -0.25) is 9.59 Å². The average Bonchev–Trinajstić information content (AvgIpc) is 2.75. The number of benzene rings is 3. The lowest BCUT2D eigenvalue weighted by Gasteiger charge is -2.16. The van der Waals surface area contributed by atoms with Crippen LogP contribution in [-0.2, 0) is 4.79 Å². The van der Waals surface area contributed by atoms with E-state index in [2.05, 4.69) is 10.6 Å². The molecule has 29 heavy (non-hydrogen) atoms. The molecule has 2 N–H and O–H groups in total. The van der Waals surface area contributed by atoms with Gasteiger partial charge in [0.05, 0.1) is 6.04 Å². The molecule has 0 aromatic heterocycles. The van der Waals surface area contributed by atoms with E-state index in [9.17, 15) is 9.59 Å². The fourth-order valence-corrected chi connectivity index (χ4v) is 2.84. The normalized spacial score (nSPS) is 12.5. The number of hydrogen-bond acceptors (Lipinski definition) is 3. The summed E-state index contributed by atoms with van der Waals surface area (Å²) in [7, 11) is 0. The van der Waals surface area contributed by atoms with E-state index in [0.29, 0.717) is 17.0 Å². The monoisotopic (exact) mass is 388 g/mol. The quantitative estimate of drug-likeness (QED) is 0.622. The van der Waals surface area contributed by atoms with Crippen molar-refractivity contribution >= 4 is 17.5 Å². The van der Waals surface area contributed by atoms with E-state index < -0.39 is 6.10 Å². The summed E-state index contributed by atoms with van der Waals surface area (Å²) in [4.78, 5) is 25.0. The van der Waals surface area contributed by atoms with E-state index in [4.69, 9.17) is 4.74 Å². The van der Waals surface area contributed by atoms with Crippen molar-refractivity contribution in [1.29, 1.82) is 0 Å². The molecule has 0 aliphatic heterocycles. The highest BCUT2D eigenvalue weighted by molar-refractivity contribution is 5.98. The van der Waals surface area contributed by atoms with Crippen LogP contribution in [0.4, 0.5) is 5.69 Å². The zero-order valence-corrected chi connectivity index (χ0v) is 16.5. The SMILES string of the molecule is CC(Oc1ccccc1)C(=O)Nc1cccc(C(=O)NC(C)c2ccccc2)c1. The Morgan fingerprint density at radius 2 is 1.48 bits per heavy atom. The number of para-hydroxylation sites is 1. The van der Waals surface area contributed by atoms with Gasteiger partial charge in [0.1, 0.15) is 5.75 Å². The second kappa shape index (κ2) is 9.55. The number of ether oxygens (including phenoxy) is 1. The molecule has 3 aromatic rings. The van der Waals surface area contributed by atoms with Gasteiger partial charge in [-0.2, -0.15) is 0 Å². The van der Waals surface area contributed by atoms with E-state index in [-0.39, 0.29) is 17.9 Å². The molecule has 0 saturated carbocycles. The number of carbonyl (C=O) groups excluding carboxylic acids is 2. The Morgan fingerprint density at radius 1 is 0.828 bits per heavy atom. The Kier molecular flexibility index (Phi) is 6.63. The van der Waals surface area contributed by atoms with Crippen LogP contribution >= 0.6 is 0 Å². The van der Waals surface area contributed by atoms with Gasteiger partial charge in [-0.05, 0) is 49.7 Å². The number of rotatable bonds is 7. The lowest BCUT2D eigenvalue weighted by molar-refractivity contribution is -0.122. The summed E-state index contributed by atoms with van der Waals surface area (Å²) >= 11 is 0. The van der Waals surface area contributed by atoms with Gasteiger partial charge in [0.2, 0.25) is 0 Å². The van der Waals surface area contributed by atoms with Crippen molar-refractivity contribution in [1.82, 2.24) is 5.32 Å². The number of amides is 2. The third kappa shape index (κ3) is 5.69. The van der Waals surface area contributed by atoms with Crippen LogP contribution in [-0.4, -0.2) is 17.9 Å². The van der Waals surface area contributed by atoms with Crippen molar-refractivity contribution < 1.29 is 14.3 Å². The Bertz CT molecular complexity index is 958. The van der Waals surface area contributed by atoms with Gasteiger partial charge in [-0.15, -0.1) is 0 Å². The summed E-state index contributed by atoms with van der Waals surface area (Å²) in [6, 6.07) is 25.6. The summed E-state index contributed by atoms with van der Waals surface area (Å²) in [6.07, 6.45) is -0.673. The molecule has 0 bridgehead atoms. The Hall–Kier alpha value is -3.60. The number of anilines is 1. The molecule has 5 heteroatoms. The van der Waals surface area contributed by atoms with Gasteiger partial charge < -0.3 is 15.4 Å². The van der Waals surface area contributed by atoms with Gasteiger partial charge >= 0.3 is 0 Å². The van der Waals surface area contributed by atoms with Crippen LogP contribution in [0.5, 0.6) is 5.75 Å². The van der Waals surface area contributed by atoms with Gasteiger partial charge in [0.15, 0.2) is 6.10 Å². The van der Waals surface area contributed by atoms with Gasteiger partial charge in [0.25, 0.3) is 11.8 Å². The molecule has 0 heterocycles. The highest BCUT2D eigenvalue weighted by Gasteiger charge is 2.16. The molecule has 2 amide bonds. The highest BCUT2D eigenvalue weighted by atomic mass is 16.5. The van der Waals surface area contributed by atoms with Crippen LogP contribution in [0.25, 0.3) is 0 Å². The fourth-order valence-electron chi connectivity index (χ4n) is 2.84. The molecular formula is C24H24N2O3. The first-order valence-corrected chi connectivity index (χ1v) is 9.51. The van der Waals surface area contributed by atoms with Crippen molar-refractivity contribution in [3.8, 4) is 5.75 Å². The Balaban J connectivity index is 1.61. The molecule has 3 aromatic carbocycles. The van der Waals surface area contributed by atoms with E-state index in [0.717, 1.165) is 5.56 Å². The molecule has 2 atom stereocenters. The first kappa shape index (κ1) is 20.1. The minimum atomic E-state index is -0.673. The minimum absolute atomic E-state index is 0.124. The summed E-state index contributed by atoms with van der Waals surface area (Å²) < 4.78 is 5.64. The molecule has 3 rings (SSSR count). The fraction of sp³-hybridized carbons (Fsp3) is 0.167. The molecule has 0 saturated heterocycles. The Labute approximate surface area is 170 Å². The molecule has 148 valence electrons. The maximum atomic E-state index is 12.6. The van der Waals surface area contributed by atoms with Gasteiger partial charge in [-0.25, -0.2) is 0 Å². The first-order valence-electron chi connectivity index (χ1n) is 9.51. The molecule has 2 unspecified atom stereocenters. The van der Waals surface area contributed by atoms with E-state index in [1.165, 1.54) is 0 Å². The predicted molar refractivity (Wildman–Crippen MR) is 114 cm³/mol. The van der Waals surface area contributed by atoms with Crippen LogP contribution in [0.1, 0.15) is 35.8 Å². The maximum Gasteiger partial charge on any atom is 0.265 e. The van der Waals surface area contributed by atoms with Crippen molar-refractivity contribution in [2.75, 3.05) is 5.32 Å². The van der Waals surface area contributed by atoms with Crippen molar-refractivity contribution in [3.05, 3.63) is 96.1 Å². The minimum Gasteiger partial charge on any atom is -0.481 e. The summed E-state index contributed by atoms with van der Waals surface area (Å²) in [6.45, 7) is 3.61. The number of carbonyl (C=O) groups is 2. The second-order valence-corrected chi connectivity index (χ2v) is 6.75. The van der Waals surface area contributed by atoms with Crippen LogP contribution < -0.4 is 15.4 Å². The standard InChI is InChI=1S/C24H24N2O3/c1-17(19-10-5-3-6-11-19)25-24(28)20-12-9-13-21(16-20)26-23(27)18(2)29-22-14-7-4-8-15-22/h3-18H,1-2H3,(H,25,28)(H,26,27). The third-order valence-electron chi connectivity index (χ3n) is 4.46. The average molecular weight is 388 g/mol. The predicted octanol–water partition coefficient (Wildman–Crippen LogP) is 4.58. The molecule has 0 fully saturated rings. The molecule has 0 aliphatic carbocycles. The lowest BCUT2D eigenvalue weighted by Crippen LogP contribution is -2.30. The maximum absolute atomic E-state index is 12.6. The smallest absolute Gasteiger partial charge is 0.265 e. The third-order valence-corrected chi connectivity index (χ3v) is 4.46. The molecule has 0 radical (unpaired) electrons. The van der Waals surface area contributed by atoms with Crippen molar-refractivity contribution in [3.63, 3.8) is 0 Å². The van der Waals surface area contributed by atoms with Gasteiger partial charge in [-0.1, -0.05) is 54.6 Å². The zero-order chi connectivity index (χ0) is 20.6. The molecular weight excluding hydrogens is 364 g/mol. The van der Waals surface area contributed by atoms with E-state index >= 15 is 0 Å². The van der Waals surface area contributed by atoms with Crippen molar-refractivity contribution in [2.24, 2.45) is 0 Å². The van der Waals surface area contributed by atoms with E-state index in [1.807, 2.05) is 55.5 Å². The van der Waals surface area contributed by atoms with E-state index in [1.54, 1.807) is 43.3 Å². The lowest BCUT2D eigenvalue weighted by atomic mass is 10.1.